The molecule has 0 aliphatic rings. The van der Waals surface area contributed by atoms with Gasteiger partial charge in [-0.05, 0) is 46.3 Å². The lowest BCUT2D eigenvalue weighted by Gasteiger charge is -2.09. The number of hydrogen-bond donors (Lipinski definition) is 0. The van der Waals surface area contributed by atoms with Gasteiger partial charge in [0.25, 0.3) is 0 Å². The van der Waals surface area contributed by atoms with E-state index >= 15 is 0 Å². The number of hydrogen-bond acceptors (Lipinski definition) is 4. The minimum Gasteiger partial charge on any atom is -0.492 e. The Morgan fingerprint density at radius 2 is 2.00 bits per heavy atom. The van der Waals surface area contributed by atoms with Gasteiger partial charge in [-0.15, -0.1) is 10.2 Å². The van der Waals surface area contributed by atoms with Crippen molar-refractivity contribution in [2.24, 2.45) is 0 Å². The van der Waals surface area contributed by atoms with E-state index in [0.29, 0.717) is 11.6 Å². The van der Waals surface area contributed by atoms with Crippen LogP contribution in [0.3, 0.4) is 0 Å². The Morgan fingerprint density at radius 1 is 1.17 bits per heavy atom. The lowest BCUT2D eigenvalue weighted by atomic mass is 10.3. The molecule has 0 atom stereocenters. The summed E-state index contributed by atoms with van der Waals surface area (Å²) < 4.78 is 8.56. The summed E-state index contributed by atoms with van der Waals surface area (Å²) in [6.45, 7) is 0.562. The van der Waals surface area contributed by atoms with E-state index in [0.717, 1.165) is 26.8 Å². The number of aromatic nitrogens is 3. The summed E-state index contributed by atoms with van der Waals surface area (Å²) in [5, 5.41) is 9.67. The molecular formula is C16H13BrClN3OS. The van der Waals surface area contributed by atoms with E-state index in [9.17, 15) is 0 Å². The third kappa shape index (κ3) is 4.28. The average molecular weight is 411 g/mol. The van der Waals surface area contributed by atoms with Crippen LogP contribution in [-0.4, -0.2) is 27.1 Å². The molecule has 0 aliphatic heterocycles. The predicted octanol–water partition coefficient (Wildman–Crippen LogP) is 4.85. The molecule has 0 saturated heterocycles. The molecule has 1 aromatic heterocycles. The topological polar surface area (TPSA) is 39.9 Å². The summed E-state index contributed by atoms with van der Waals surface area (Å²) in [6.07, 6.45) is 1.72. The normalized spacial score (nSPS) is 10.7. The molecule has 23 heavy (non-hydrogen) atoms. The zero-order valence-corrected chi connectivity index (χ0v) is 15.2. The molecule has 1 heterocycles. The smallest absolute Gasteiger partial charge is 0.195 e. The van der Waals surface area contributed by atoms with Crippen molar-refractivity contribution in [2.75, 3.05) is 12.4 Å². The van der Waals surface area contributed by atoms with Crippen LogP contribution in [0.4, 0.5) is 0 Å². The highest BCUT2D eigenvalue weighted by molar-refractivity contribution is 9.10. The van der Waals surface area contributed by atoms with Gasteiger partial charge in [-0.25, -0.2) is 0 Å². The highest BCUT2D eigenvalue weighted by Gasteiger charge is 2.07. The largest absolute Gasteiger partial charge is 0.492 e. The van der Waals surface area contributed by atoms with Crippen LogP contribution in [-0.2, 0) is 0 Å². The Kier molecular flexibility index (Phi) is 5.59. The number of rotatable bonds is 6. The molecule has 0 N–H and O–H groups in total. The summed E-state index contributed by atoms with van der Waals surface area (Å²) in [5.41, 5.74) is 1.04. The number of para-hydroxylation sites is 1. The van der Waals surface area contributed by atoms with Gasteiger partial charge in [0.05, 0.1) is 11.1 Å². The van der Waals surface area contributed by atoms with Crippen LogP contribution in [0, 0.1) is 0 Å². The van der Waals surface area contributed by atoms with Crippen molar-refractivity contribution in [1.82, 2.24) is 14.8 Å². The first-order valence-electron chi connectivity index (χ1n) is 6.90. The zero-order valence-electron chi connectivity index (χ0n) is 12.0. The van der Waals surface area contributed by atoms with Gasteiger partial charge in [0.15, 0.2) is 5.16 Å². The van der Waals surface area contributed by atoms with Crippen LogP contribution in [0.5, 0.6) is 5.75 Å². The Bertz CT molecular complexity index is 782. The van der Waals surface area contributed by atoms with Crippen molar-refractivity contribution in [3.05, 3.63) is 64.4 Å². The third-order valence-corrected chi connectivity index (χ3v) is 4.78. The van der Waals surface area contributed by atoms with Gasteiger partial charge in [0.1, 0.15) is 12.1 Å². The third-order valence-electron chi connectivity index (χ3n) is 3.02. The van der Waals surface area contributed by atoms with Crippen molar-refractivity contribution < 1.29 is 4.74 Å². The molecular weight excluding hydrogens is 398 g/mol. The molecule has 0 unspecified atom stereocenters. The Hall–Kier alpha value is -1.50. The van der Waals surface area contributed by atoms with Crippen LogP contribution in [0.15, 0.2) is 64.5 Å². The number of benzene rings is 2. The molecule has 2 aromatic carbocycles. The van der Waals surface area contributed by atoms with E-state index in [-0.39, 0.29) is 0 Å². The molecule has 0 radical (unpaired) electrons. The maximum Gasteiger partial charge on any atom is 0.195 e. The van der Waals surface area contributed by atoms with Gasteiger partial charge in [-0.3, -0.25) is 4.57 Å². The molecule has 0 saturated carbocycles. The fourth-order valence-electron chi connectivity index (χ4n) is 1.97. The van der Waals surface area contributed by atoms with Crippen LogP contribution in [0.25, 0.3) is 5.69 Å². The van der Waals surface area contributed by atoms with Crippen LogP contribution in [0.1, 0.15) is 0 Å². The van der Waals surface area contributed by atoms with E-state index in [1.165, 1.54) is 0 Å². The number of thioether (sulfide) groups is 1. The zero-order chi connectivity index (χ0) is 16.1. The first-order chi connectivity index (χ1) is 11.2. The van der Waals surface area contributed by atoms with Crippen molar-refractivity contribution in [1.29, 1.82) is 0 Å². The van der Waals surface area contributed by atoms with Gasteiger partial charge in [0.2, 0.25) is 0 Å². The first kappa shape index (κ1) is 16.4. The second-order valence-electron chi connectivity index (χ2n) is 4.59. The van der Waals surface area contributed by atoms with Crippen LogP contribution in [0.2, 0.25) is 5.02 Å². The summed E-state index contributed by atoms with van der Waals surface area (Å²) in [7, 11) is 0. The number of halogens is 2. The maximum atomic E-state index is 5.91. The highest BCUT2D eigenvalue weighted by Crippen LogP contribution is 2.28. The lowest BCUT2D eigenvalue weighted by Crippen LogP contribution is -2.02. The minimum absolute atomic E-state index is 0.562. The summed E-state index contributed by atoms with van der Waals surface area (Å²) in [6, 6.07) is 15.5. The van der Waals surface area contributed by atoms with Crippen molar-refractivity contribution in [3.63, 3.8) is 0 Å². The van der Waals surface area contributed by atoms with E-state index in [1.54, 1.807) is 24.2 Å². The summed E-state index contributed by atoms with van der Waals surface area (Å²) >= 11 is 11.0. The first-order valence-corrected chi connectivity index (χ1v) is 9.06. The minimum atomic E-state index is 0.562. The van der Waals surface area contributed by atoms with E-state index in [4.69, 9.17) is 16.3 Å². The summed E-state index contributed by atoms with van der Waals surface area (Å²) in [5.74, 6) is 1.54. The molecule has 0 bridgehead atoms. The molecule has 3 aromatic rings. The fourth-order valence-corrected chi connectivity index (χ4v) is 3.51. The van der Waals surface area contributed by atoms with Crippen molar-refractivity contribution >= 4 is 39.3 Å². The Balaban J connectivity index is 1.57. The van der Waals surface area contributed by atoms with Gasteiger partial charge in [-0.1, -0.05) is 41.6 Å². The quantitative estimate of drug-likeness (QED) is 0.430. The SMILES string of the molecule is Clc1ccc(OCCSc2nncn2-c2ccccc2)c(Br)c1. The number of nitrogens with zero attached hydrogens (tertiary/aromatic N) is 3. The second kappa shape index (κ2) is 7.86. The van der Waals surface area contributed by atoms with Crippen molar-refractivity contribution in [2.45, 2.75) is 5.16 Å². The van der Waals surface area contributed by atoms with Crippen molar-refractivity contribution in [3.8, 4) is 11.4 Å². The molecule has 0 spiro atoms. The monoisotopic (exact) mass is 409 g/mol. The second-order valence-corrected chi connectivity index (χ2v) is 6.94. The standard InChI is InChI=1S/C16H13BrClN3OS/c17-14-10-12(18)6-7-15(14)22-8-9-23-16-20-19-11-21(16)13-4-2-1-3-5-13/h1-7,10-11H,8-9H2. The molecule has 3 rings (SSSR count). The summed E-state index contributed by atoms with van der Waals surface area (Å²) in [4.78, 5) is 0. The van der Waals surface area contributed by atoms with Gasteiger partial charge >= 0.3 is 0 Å². The lowest BCUT2D eigenvalue weighted by molar-refractivity contribution is 0.341. The van der Waals surface area contributed by atoms with Crippen LogP contribution < -0.4 is 4.74 Å². The molecule has 0 amide bonds. The van der Waals surface area contributed by atoms with Gasteiger partial charge in [0, 0.05) is 16.5 Å². The molecule has 0 aliphatic carbocycles. The molecule has 118 valence electrons. The molecule has 4 nitrogen and oxygen atoms in total. The fraction of sp³-hybridized carbons (Fsp3) is 0.125. The van der Waals surface area contributed by atoms with E-state index in [2.05, 4.69) is 26.1 Å². The average Bonchev–Trinajstić information content (AvgIpc) is 3.02. The maximum absolute atomic E-state index is 5.91. The molecule has 7 heteroatoms. The van der Waals surface area contributed by atoms with E-state index < -0.39 is 0 Å². The van der Waals surface area contributed by atoms with Gasteiger partial charge < -0.3 is 4.74 Å². The van der Waals surface area contributed by atoms with Crippen LogP contribution >= 0.6 is 39.3 Å². The highest BCUT2D eigenvalue weighted by atomic mass is 79.9. The molecule has 0 fully saturated rings. The van der Waals surface area contributed by atoms with Gasteiger partial charge in [-0.2, -0.15) is 0 Å². The Labute approximate surface area is 152 Å². The number of ether oxygens (including phenoxy) is 1. The predicted molar refractivity (Wildman–Crippen MR) is 96.7 cm³/mol. The van der Waals surface area contributed by atoms with E-state index in [1.807, 2.05) is 47.0 Å². The Morgan fingerprint density at radius 3 is 2.78 bits per heavy atom.